The van der Waals surface area contributed by atoms with E-state index in [9.17, 15) is 14.0 Å². The van der Waals surface area contributed by atoms with E-state index in [0.29, 0.717) is 25.2 Å². The van der Waals surface area contributed by atoms with Gasteiger partial charge in [0.05, 0.1) is 0 Å². The first-order valence-corrected chi connectivity index (χ1v) is 9.05. The smallest absolute Gasteiger partial charge is 0.251 e. The first-order valence-electron chi connectivity index (χ1n) is 9.05. The van der Waals surface area contributed by atoms with E-state index in [1.165, 1.54) is 24.6 Å². The number of nitrogens with zero attached hydrogens (tertiary/aromatic N) is 1. The van der Waals surface area contributed by atoms with Crippen molar-refractivity contribution in [1.82, 2.24) is 10.2 Å². The molecule has 0 aliphatic rings. The van der Waals surface area contributed by atoms with Gasteiger partial charge in [0.15, 0.2) is 0 Å². The van der Waals surface area contributed by atoms with Crippen LogP contribution in [-0.4, -0.2) is 29.8 Å². The van der Waals surface area contributed by atoms with Crippen LogP contribution in [0.5, 0.6) is 0 Å². The molecule has 4 nitrogen and oxygen atoms in total. The molecule has 0 atom stereocenters. The summed E-state index contributed by atoms with van der Waals surface area (Å²) in [6, 6.07) is 13.6. The van der Waals surface area contributed by atoms with Crippen molar-refractivity contribution < 1.29 is 14.0 Å². The van der Waals surface area contributed by atoms with Gasteiger partial charge < -0.3 is 10.2 Å². The summed E-state index contributed by atoms with van der Waals surface area (Å²) in [4.78, 5) is 25.7. The van der Waals surface area contributed by atoms with Gasteiger partial charge in [-0.3, -0.25) is 9.59 Å². The fourth-order valence-corrected chi connectivity index (χ4v) is 2.69. The molecule has 0 heterocycles. The van der Waals surface area contributed by atoms with E-state index in [4.69, 9.17) is 0 Å². The molecule has 2 aromatic carbocycles. The lowest BCUT2D eigenvalue weighted by molar-refractivity contribution is -0.129. The van der Waals surface area contributed by atoms with E-state index in [-0.39, 0.29) is 23.0 Å². The molecule has 0 unspecified atom stereocenters. The third kappa shape index (κ3) is 6.20. The van der Waals surface area contributed by atoms with Gasteiger partial charge >= 0.3 is 0 Å². The monoisotopic (exact) mass is 370 g/mol. The van der Waals surface area contributed by atoms with Crippen LogP contribution in [-0.2, 0) is 16.8 Å². The van der Waals surface area contributed by atoms with Crippen molar-refractivity contribution in [3.8, 4) is 0 Å². The van der Waals surface area contributed by atoms with Crippen molar-refractivity contribution in [1.29, 1.82) is 0 Å². The van der Waals surface area contributed by atoms with Gasteiger partial charge in [-0.1, -0.05) is 45.0 Å². The number of rotatable bonds is 6. The average Bonchev–Trinajstić information content (AvgIpc) is 2.61. The standard InChI is InChI=1S/C22H27FN2O2/c1-16(26)25(15-17-5-11-20(23)12-6-17)14-13-24-21(27)18-7-9-19(10-8-18)22(2,3)4/h5-12H,13-15H2,1-4H3,(H,24,27). The second-order valence-corrected chi connectivity index (χ2v) is 7.65. The fourth-order valence-electron chi connectivity index (χ4n) is 2.69. The minimum absolute atomic E-state index is 0.0390. The Morgan fingerprint density at radius 3 is 2.11 bits per heavy atom. The Bertz CT molecular complexity index is 777. The first-order chi connectivity index (χ1) is 12.7. The largest absolute Gasteiger partial charge is 0.350 e. The quantitative estimate of drug-likeness (QED) is 0.838. The van der Waals surface area contributed by atoms with Crippen LogP contribution in [0.1, 0.15) is 49.2 Å². The Kier molecular flexibility index (Phi) is 6.72. The molecule has 0 radical (unpaired) electrons. The van der Waals surface area contributed by atoms with Crippen LogP contribution < -0.4 is 5.32 Å². The van der Waals surface area contributed by atoms with Crippen LogP contribution in [0.4, 0.5) is 4.39 Å². The molecule has 0 aromatic heterocycles. The number of carbonyl (C=O) groups is 2. The van der Waals surface area contributed by atoms with Gasteiger partial charge in [0.1, 0.15) is 5.82 Å². The maximum atomic E-state index is 13.0. The molecule has 1 N–H and O–H groups in total. The number of nitrogens with one attached hydrogen (secondary N) is 1. The molecule has 0 saturated heterocycles. The molecular weight excluding hydrogens is 343 g/mol. The number of carbonyl (C=O) groups excluding carboxylic acids is 2. The summed E-state index contributed by atoms with van der Waals surface area (Å²) < 4.78 is 13.0. The number of amides is 2. The maximum Gasteiger partial charge on any atom is 0.251 e. The molecule has 0 fully saturated rings. The van der Waals surface area contributed by atoms with Gasteiger partial charge in [0.25, 0.3) is 5.91 Å². The van der Waals surface area contributed by atoms with Crippen molar-refractivity contribution in [2.45, 2.75) is 39.7 Å². The summed E-state index contributed by atoms with van der Waals surface area (Å²) in [5.41, 5.74) is 2.64. The lowest BCUT2D eigenvalue weighted by Gasteiger charge is -2.21. The maximum absolute atomic E-state index is 13.0. The number of halogens is 1. The van der Waals surface area contributed by atoms with E-state index >= 15 is 0 Å². The average molecular weight is 370 g/mol. The normalized spacial score (nSPS) is 11.1. The molecular formula is C22H27FN2O2. The minimum Gasteiger partial charge on any atom is -0.350 e. The lowest BCUT2D eigenvalue weighted by atomic mass is 9.87. The van der Waals surface area contributed by atoms with E-state index in [1.807, 2.05) is 24.3 Å². The summed E-state index contributed by atoms with van der Waals surface area (Å²) in [7, 11) is 0. The van der Waals surface area contributed by atoms with Gasteiger partial charge in [-0.15, -0.1) is 0 Å². The Labute approximate surface area is 160 Å². The summed E-state index contributed by atoms with van der Waals surface area (Å²) in [6.07, 6.45) is 0. The predicted octanol–water partition coefficient (Wildman–Crippen LogP) is 3.90. The highest BCUT2D eigenvalue weighted by Crippen LogP contribution is 2.22. The minimum atomic E-state index is -0.308. The molecule has 0 aliphatic carbocycles. The van der Waals surface area contributed by atoms with E-state index < -0.39 is 0 Å². The molecule has 27 heavy (non-hydrogen) atoms. The molecule has 0 saturated carbocycles. The number of benzene rings is 2. The SMILES string of the molecule is CC(=O)N(CCNC(=O)c1ccc(C(C)(C)C)cc1)Cc1ccc(F)cc1. The van der Waals surface area contributed by atoms with E-state index in [2.05, 4.69) is 26.1 Å². The molecule has 2 amide bonds. The van der Waals surface area contributed by atoms with Crippen molar-refractivity contribution in [2.75, 3.05) is 13.1 Å². The van der Waals surface area contributed by atoms with Crippen molar-refractivity contribution in [2.24, 2.45) is 0 Å². The highest BCUT2D eigenvalue weighted by atomic mass is 19.1. The molecule has 2 rings (SSSR count). The summed E-state index contributed by atoms with van der Waals surface area (Å²) in [6.45, 7) is 8.97. The number of hydrogen-bond donors (Lipinski definition) is 1. The van der Waals surface area contributed by atoms with Crippen LogP contribution in [0.2, 0.25) is 0 Å². The first kappa shape index (κ1) is 20.6. The second kappa shape index (κ2) is 8.80. The van der Waals surface area contributed by atoms with Crippen LogP contribution in [0.3, 0.4) is 0 Å². The third-order valence-electron chi connectivity index (χ3n) is 4.41. The predicted molar refractivity (Wildman–Crippen MR) is 105 cm³/mol. The highest BCUT2D eigenvalue weighted by molar-refractivity contribution is 5.94. The second-order valence-electron chi connectivity index (χ2n) is 7.65. The van der Waals surface area contributed by atoms with Crippen LogP contribution in [0, 0.1) is 5.82 Å². The zero-order valence-corrected chi connectivity index (χ0v) is 16.4. The zero-order valence-electron chi connectivity index (χ0n) is 16.4. The Balaban J connectivity index is 1.89. The molecule has 5 heteroatoms. The van der Waals surface area contributed by atoms with E-state index in [1.54, 1.807) is 17.0 Å². The Hall–Kier alpha value is -2.69. The number of hydrogen-bond acceptors (Lipinski definition) is 2. The van der Waals surface area contributed by atoms with Gasteiger partial charge in [-0.05, 0) is 40.8 Å². The topological polar surface area (TPSA) is 49.4 Å². The van der Waals surface area contributed by atoms with Crippen LogP contribution in [0.15, 0.2) is 48.5 Å². The van der Waals surface area contributed by atoms with Crippen molar-refractivity contribution in [3.05, 3.63) is 71.0 Å². The van der Waals surface area contributed by atoms with Crippen LogP contribution >= 0.6 is 0 Å². The van der Waals surface area contributed by atoms with Gasteiger partial charge in [-0.2, -0.15) is 0 Å². The summed E-state index contributed by atoms with van der Waals surface area (Å²) in [5, 5.41) is 2.84. The highest BCUT2D eigenvalue weighted by Gasteiger charge is 2.15. The van der Waals surface area contributed by atoms with Gasteiger partial charge in [0, 0.05) is 32.1 Å². The van der Waals surface area contributed by atoms with Gasteiger partial charge in [-0.25, -0.2) is 4.39 Å². The summed E-state index contributed by atoms with van der Waals surface area (Å²) >= 11 is 0. The van der Waals surface area contributed by atoms with E-state index in [0.717, 1.165) is 5.56 Å². The molecule has 0 spiro atoms. The Morgan fingerprint density at radius 1 is 1.00 bits per heavy atom. The Morgan fingerprint density at radius 2 is 1.59 bits per heavy atom. The molecule has 144 valence electrons. The molecule has 0 bridgehead atoms. The fraction of sp³-hybridized carbons (Fsp3) is 0.364. The summed E-state index contributed by atoms with van der Waals surface area (Å²) in [5.74, 6) is -0.568. The molecule has 0 aliphatic heterocycles. The van der Waals surface area contributed by atoms with Crippen molar-refractivity contribution >= 4 is 11.8 Å². The lowest BCUT2D eigenvalue weighted by Crippen LogP contribution is -2.37. The van der Waals surface area contributed by atoms with Crippen molar-refractivity contribution in [3.63, 3.8) is 0 Å². The molecule has 2 aromatic rings. The van der Waals surface area contributed by atoms with Gasteiger partial charge in [0.2, 0.25) is 5.91 Å². The van der Waals surface area contributed by atoms with Crippen LogP contribution in [0.25, 0.3) is 0 Å². The third-order valence-corrected chi connectivity index (χ3v) is 4.41. The zero-order chi connectivity index (χ0) is 20.0.